The Bertz CT molecular complexity index is 193. The van der Waals surface area contributed by atoms with Crippen LogP contribution >= 0.6 is 0 Å². The average Bonchev–Trinajstić information content (AvgIpc) is 2.30. The van der Waals surface area contributed by atoms with Gasteiger partial charge in [-0.3, -0.25) is 4.90 Å². The Morgan fingerprint density at radius 2 is 2.07 bits per heavy atom. The summed E-state index contributed by atoms with van der Waals surface area (Å²) in [6, 6.07) is 1.64. The summed E-state index contributed by atoms with van der Waals surface area (Å²) in [5, 5.41) is 3.49. The predicted octanol–water partition coefficient (Wildman–Crippen LogP) is 2.25. The number of hydrogen-bond acceptors (Lipinski definition) is 2. The maximum absolute atomic E-state index is 3.49. The summed E-state index contributed by atoms with van der Waals surface area (Å²) in [5.74, 6) is 0.972. The fourth-order valence-corrected chi connectivity index (χ4v) is 3.45. The molecule has 2 rings (SSSR count). The molecule has 15 heavy (non-hydrogen) atoms. The number of nitrogens with one attached hydrogen (secondary N) is 1. The Balaban J connectivity index is 1.99. The van der Waals surface area contributed by atoms with Crippen molar-refractivity contribution >= 4 is 0 Å². The van der Waals surface area contributed by atoms with E-state index < -0.39 is 0 Å². The maximum atomic E-state index is 3.49. The van der Waals surface area contributed by atoms with Gasteiger partial charge in [-0.25, -0.2) is 0 Å². The van der Waals surface area contributed by atoms with Gasteiger partial charge in [-0.2, -0.15) is 0 Å². The number of rotatable bonds is 2. The monoisotopic (exact) mass is 210 g/mol. The summed E-state index contributed by atoms with van der Waals surface area (Å²) >= 11 is 0. The van der Waals surface area contributed by atoms with E-state index in [0.717, 1.165) is 18.0 Å². The minimum absolute atomic E-state index is 0.746. The molecule has 1 saturated carbocycles. The quantitative estimate of drug-likeness (QED) is 0.752. The lowest BCUT2D eigenvalue weighted by Gasteiger charge is -2.45. The summed E-state index contributed by atoms with van der Waals surface area (Å²) in [6.07, 6.45) is 7.22. The van der Waals surface area contributed by atoms with Gasteiger partial charge in [0, 0.05) is 31.7 Å². The van der Waals surface area contributed by atoms with Crippen LogP contribution in [-0.2, 0) is 0 Å². The van der Waals surface area contributed by atoms with Crippen molar-refractivity contribution < 1.29 is 0 Å². The molecule has 1 saturated heterocycles. The summed E-state index contributed by atoms with van der Waals surface area (Å²) < 4.78 is 0. The zero-order valence-corrected chi connectivity index (χ0v) is 10.3. The molecular weight excluding hydrogens is 184 g/mol. The van der Waals surface area contributed by atoms with Crippen molar-refractivity contribution in [1.29, 1.82) is 0 Å². The second-order valence-corrected chi connectivity index (χ2v) is 5.31. The van der Waals surface area contributed by atoms with E-state index in [1.165, 1.54) is 51.7 Å². The van der Waals surface area contributed by atoms with E-state index in [1.54, 1.807) is 0 Å². The van der Waals surface area contributed by atoms with Crippen LogP contribution < -0.4 is 5.32 Å². The predicted molar refractivity (Wildman–Crippen MR) is 65.1 cm³/mol. The van der Waals surface area contributed by atoms with Crippen LogP contribution in [0.25, 0.3) is 0 Å². The lowest BCUT2D eigenvalue weighted by Crippen LogP contribution is -2.56. The third-order valence-corrected chi connectivity index (χ3v) is 4.37. The standard InChI is InChI=1S/C13H26N2/c1-3-12-6-4-5-7-13(12)15-9-8-14-10-11(15)2/h11-14H,3-10H2,1-2H3/t11-,12?,13?/m1/s1. The molecule has 2 heteroatoms. The van der Waals surface area contributed by atoms with Crippen LogP contribution in [-0.4, -0.2) is 36.6 Å². The van der Waals surface area contributed by atoms with Crippen LogP contribution in [0.3, 0.4) is 0 Å². The van der Waals surface area contributed by atoms with Crippen LogP contribution in [0.5, 0.6) is 0 Å². The van der Waals surface area contributed by atoms with Crippen molar-refractivity contribution in [3.05, 3.63) is 0 Å². The Kier molecular flexibility index (Phi) is 4.04. The highest BCUT2D eigenvalue weighted by molar-refractivity contribution is 4.88. The highest BCUT2D eigenvalue weighted by atomic mass is 15.2. The molecule has 1 aliphatic carbocycles. The first-order valence-electron chi connectivity index (χ1n) is 6.79. The fourth-order valence-electron chi connectivity index (χ4n) is 3.45. The maximum Gasteiger partial charge on any atom is 0.0195 e. The smallest absolute Gasteiger partial charge is 0.0195 e. The molecule has 2 fully saturated rings. The molecular formula is C13H26N2. The Morgan fingerprint density at radius 3 is 2.80 bits per heavy atom. The lowest BCUT2D eigenvalue weighted by molar-refractivity contribution is 0.0521. The largest absolute Gasteiger partial charge is 0.314 e. The summed E-state index contributed by atoms with van der Waals surface area (Å²) in [4.78, 5) is 2.78. The first kappa shape index (κ1) is 11.4. The summed E-state index contributed by atoms with van der Waals surface area (Å²) in [7, 11) is 0. The molecule has 2 aliphatic rings. The molecule has 88 valence electrons. The van der Waals surface area contributed by atoms with Gasteiger partial charge >= 0.3 is 0 Å². The van der Waals surface area contributed by atoms with Gasteiger partial charge in [0.1, 0.15) is 0 Å². The zero-order chi connectivity index (χ0) is 10.7. The average molecular weight is 210 g/mol. The molecule has 2 unspecified atom stereocenters. The molecule has 1 aliphatic heterocycles. The van der Waals surface area contributed by atoms with Gasteiger partial charge in [0.25, 0.3) is 0 Å². The Labute approximate surface area is 94.4 Å². The minimum atomic E-state index is 0.746. The molecule has 0 aromatic carbocycles. The van der Waals surface area contributed by atoms with Gasteiger partial charge in [-0.1, -0.05) is 26.2 Å². The molecule has 2 nitrogen and oxygen atoms in total. The van der Waals surface area contributed by atoms with Crippen LogP contribution in [0.15, 0.2) is 0 Å². The Morgan fingerprint density at radius 1 is 1.27 bits per heavy atom. The molecule has 0 aromatic rings. The second-order valence-electron chi connectivity index (χ2n) is 5.31. The Hall–Kier alpha value is -0.0800. The van der Waals surface area contributed by atoms with E-state index >= 15 is 0 Å². The van der Waals surface area contributed by atoms with Gasteiger partial charge in [0.2, 0.25) is 0 Å². The molecule has 0 bridgehead atoms. The van der Waals surface area contributed by atoms with Crippen LogP contribution in [0.2, 0.25) is 0 Å². The number of hydrogen-bond donors (Lipinski definition) is 1. The van der Waals surface area contributed by atoms with E-state index in [1.807, 2.05) is 0 Å². The fraction of sp³-hybridized carbons (Fsp3) is 1.00. The van der Waals surface area contributed by atoms with Gasteiger partial charge in [0.05, 0.1) is 0 Å². The second kappa shape index (κ2) is 5.31. The minimum Gasteiger partial charge on any atom is -0.314 e. The first-order valence-corrected chi connectivity index (χ1v) is 6.79. The van der Waals surface area contributed by atoms with Gasteiger partial charge in [0.15, 0.2) is 0 Å². The van der Waals surface area contributed by atoms with Crippen molar-refractivity contribution in [2.75, 3.05) is 19.6 Å². The van der Waals surface area contributed by atoms with E-state index in [4.69, 9.17) is 0 Å². The van der Waals surface area contributed by atoms with Crippen molar-refractivity contribution in [1.82, 2.24) is 10.2 Å². The highest BCUT2D eigenvalue weighted by Gasteiger charge is 2.32. The van der Waals surface area contributed by atoms with E-state index in [2.05, 4.69) is 24.1 Å². The number of piperazine rings is 1. The van der Waals surface area contributed by atoms with Crippen molar-refractivity contribution in [2.45, 2.75) is 58.0 Å². The highest BCUT2D eigenvalue weighted by Crippen LogP contribution is 2.31. The van der Waals surface area contributed by atoms with Crippen molar-refractivity contribution in [3.63, 3.8) is 0 Å². The molecule has 0 aromatic heterocycles. The van der Waals surface area contributed by atoms with E-state index in [-0.39, 0.29) is 0 Å². The third kappa shape index (κ3) is 2.54. The van der Waals surface area contributed by atoms with Crippen molar-refractivity contribution in [2.24, 2.45) is 5.92 Å². The van der Waals surface area contributed by atoms with Gasteiger partial charge in [-0.15, -0.1) is 0 Å². The van der Waals surface area contributed by atoms with Crippen LogP contribution in [0.1, 0.15) is 46.0 Å². The van der Waals surface area contributed by atoms with Crippen LogP contribution in [0.4, 0.5) is 0 Å². The van der Waals surface area contributed by atoms with Gasteiger partial charge in [-0.05, 0) is 25.7 Å². The molecule has 3 atom stereocenters. The SMILES string of the molecule is CCC1CCCCC1N1CCNC[C@H]1C. The number of nitrogens with zero attached hydrogens (tertiary/aromatic N) is 1. The van der Waals surface area contributed by atoms with E-state index in [0.29, 0.717) is 0 Å². The third-order valence-electron chi connectivity index (χ3n) is 4.37. The molecule has 1 heterocycles. The molecule has 0 radical (unpaired) electrons. The molecule has 0 amide bonds. The topological polar surface area (TPSA) is 15.3 Å². The molecule has 1 N–H and O–H groups in total. The lowest BCUT2D eigenvalue weighted by atomic mass is 9.81. The summed E-state index contributed by atoms with van der Waals surface area (Å²) in [6.45, 7) is 8.40. The van der Waals surface area contributed by atoms with Gasteiger partial charge < -0.3 is 5.32 Å². The first-order chi connectivity index (χ1) is 7.33. The zero-order valence-electron chi connectivity index (χ0n) is 10.3. The van der Waals surface area contributed by atoms with E-state index in [9.17, 15) is 0 Å². The molecule has 0 spiro atoms. The van der Waals surface area contributed by atoms with Crippen LogP contribution in [0, 0.1) is 5.92 Å². The van der Waals surface area contributed by atoms with Crippen molar-refractivity contribution in [3.8, 4) is 0 Å². The summed E-state index contributed by atoms with van der Waals surface area (Å²) in [5.41, 5.74) is 0. The normalized spacial score (nSPS) is 39.2.